The van der Waals surface area contributed by atoms with Gasteiger partial charge in [-0.25, -0.2) is 0 Å². The Kier molecular flexibility index (Phi) is 3.76. The van der Waals surface area contributed by atoms with Crippen molar-refractivity contribution in [1.29, 1.82) is 0 Å². The van der Waals surface area contributed by atoms with Gasteiger partial charge in [0.25, 0.3) is 0 Å². The number of amides is 2. The number of hydrogen-bond acceptors (Lipinski definition) is 3. The Morgan fingerprint density at radius 2 is 2.06 bits per heavy atom. The Morgan fingerprint density at radius 3 is 2.67 bits per heavy atom. The van der Waals surface area contributed by atoms with Crippen molar-refractivity contribution in [2.24, 2.45) is 11.3 Å². The number of nitrogens with zero attached hydrogens (tertiary/aromatic N) is 1. The first-order chi connectivity index (χ1) is 8.47. The van der Waals surface area contributed by atoms with Gasteiger partial charge >= 0.3 is 0 Å². The molecule has 2 unspecified atom stereocenters. The normalized spacial score (nSPS) is 34.2. The molecule has 2 heterocycles. The summed E-state index contributed by atoms with van der Waals surface area (Å²) in [5.41, 5.74) is -0.497. The molecule has 0 aliphatic carbocycles. The molecule has 0 bridgehead atoms. The van der Waals surface area contributed by atoms with E-state index in [0.717, 1.165) is 32.4 Å². The van der Waals surface area contributed by atoms with Crippen LogP contribution in [0.3, 0.4) is 0 Å². The Labute approximate surface area is 109 Å². The molecule has 0 spiro atoms. The van der Waals surface area contributed by atoms with Gasteiger partial charge in [-0.2, -0.15) is 0 Å². The van der Waals surface area contributed by atoms with E-state index in [0.29, 0.717) is 6.42 Å². The van der Waals surface area contributed by atoms with Crippen LogP contribution < -0.4 is 5.32 Å². The number of hydrogen-bond donors (Lipinski definition) is 1. The maximum absolute atomic E-state index is 12.6. The molecule has 2 saturated heterocycles. The fourth-order valence-corrected chi connectivity index (χ4v) is 2.90. The molecule has 1 N–H and O–H groups in total. The Balaban J connectivity index is 2.18. The van der Waals surface area contributed by atoms with Crippen LogP contribution in [-0.2, 0) is 9.59 Å². The van der Waals surface area contributed by atoms with E-state index in [1.54, 1.807) is 4.90 Å². The quantitative estimate of drug-likeness (QED) is 0.759. The summed E-state index contributed by atoms with van der Waals surface area (Å²) in [6.45, 7) is 7.74. The van der Waals surface area contributed by atoms with Gasteiger partial charge < -0.3 is 5.32 Å². The van der Waals surface area contributed by atoms with Gasteiger partial charge in [0.05, 0.1) is 11.5 Å². The summed E-state index contributed by atoms with van der Waals surface area (Å²) in [7, 11) is 0. The van der Waals surface area contributed by atoms with Crippen LogP contribution in [0.25, 0.3) is 0 Å². The van der Waals surface area contributed by atoms with Gasteiger partial charge in [0.15, 0.2) is 0 Å². The van der Waals surface area contributed by atoms with E-state index in [-0.39, 0.29) is 23.8 Å². The predicted octanol–water partition coefficient (Wildman–Crippen LogP) is 1.55. The highest BCUT2D eigenvalue weighted by atomic mass is 16.2. The molecule has 0 aromatic rings. The lowest BCUT2D eigenvalue weighted by atomic mass is 9.78. The summed E-state index contributed by atoms with van der Waals surface area (Å²) in [5, 5.41) is 3.33. The van der Waals surface area contributed by atoms with E-state index in [4.69, 9.17) is 0 Å². The van der Waals surface area contributed by atoms with Crippen LogP contribution in [0.15, 0.2) is 0 Å². The highest BCUT2D eigenvalue weighted by Gasteiger charge is 2.51. The van der Waals surface area contributed by atoms with Crippen molar-refractivity contribution in [2.45, 2.75) is 52.5 Å². The van der Waals surface area contributed by atoms with Crippen molar-refractivity contribution in [3.63, 3.8) is 0 Å². The maximum atomic E-state index is 12.6. The lowest BCUT2D eigenvalue weighted by Gasteiger charge is -2.29. The molecule has 102 valence electrons. The molecule has 4 heteroatoms. The largest absolute Gasteiger partial charge is 0.315 e. The van der Waals surface area contributed by atoms with Crippen LogP contribution in [0.4, 0.5) is 0 Å². The lowest BCUT2D eigenvalue weighted by Crippen LogP contribution is -2.47. The average molecular weight is 252 g/mol. The molecule has 2 atom stereocenters. The van der Waals surface area contributed by atoms with Gasteiger partial charge in [-0.3, -0.25) is 14.5 Å². The molecule has 18 heavy (non-hydrogen) atoms. The van der Waals surface area contributed by atoms with Crippen LogP contribution >= 0.6 is 0 Å². The van der Waals surface area contributed by atoms with E-state index in [2.05, 4.69) is 5.32 Å². The Hall–Kier alpha value is -0.900. The fraction of sp³-hybridized carbons (Fsp3) is 0.857. The second-order valence-corrected chi connectivity index (χ2v) is 6.17. The molecule has 2 aliphatic heterocycles. The van der Waals surface area contributed by atoms with Gasteiger partial charge in [0, 0.05) is 13.0 Å². The summed E-state index contributed by atoms with van der Waals surface area (Å²) in [5.74, 6) is 0.263. The maximum Gasteiger partial charge on any atom is 0.236 e. The molecule has 4 nitrogen and oxygen atoms in total. The summed E-state index contributed by atoms with van der Waals surface area (Å²) in [4.78, 5) is 26.3. The van der Waals surface area contributed by atoms with Crippen molar-refractivity contribution < 1.29 is 9.59 Å². The van der Waals surface area contributed by atoms with Crippen LogP contribution in [0.2, 0.25) is 0 Å². The third kappa shape index (κ3) is 2.18. The number of imide groups is 1. The number of carbonyl (C=O) groups excluding carboxylic acids is 2. The van der Waals surface area contributed by atoms with E-state index >= 15 is 0 Å². The summed E-state index contributed by atoms with van der Waals surface area (Å²) >= 11 is 0. The van der Waals surface area contributed by atoms with Crippen molar-refractivity contribution in [2.75, 3.05) is 13.1 Å². The van der Waals surface area contributed by atoms with Crippen LogP contribution in [0.5, 0.6) is 0 Å². The first-order valence-electron chi connectivity index (χ1n) is 7.04. The van der Waals surface area contributed by atoms with E-state index < -0.39 is 5.41 Å². The second-order valence-electron chi connectivity index (χ2n) is 6.17. The molecule has 2 aliphatic rings. The first-order valence-corrected chi connectivity index (χ1v) is 7.04. The van der Waals surface area contributed by atoms with Gasteiger partial charge in [0.2, 0.25) is 11.8 Å². The van der Waals surface area contributed by atoms with Gasteiger partial charge in [0.1, 0.15) is 0 Å². The predicted molar refractivity (Wildman–Crippen MR) is 69.9 cm³/mol. The average Bonchev–Trinajstić information content (AvgIpc) is 2.51. The van der Waals surface area contributed by atoms with Crippen molar-refractivity contribution in [1.82, 2.24) is 10.2 Å². The zero-order valence-electron chi connectivity index (χ0n) is 11.7. The van der Waals surface area contributed by atoms with Crippen LogP contribution in [-0.4, -0.2) is 35.8 Å². The minimum Gasteiger partial charge on any atom is -0.315 e. The Morgan fingerprint density at radius 1 is 1.33 bits per heavy atom. The summed E-state index contributed by atoms with van der Waals surface area (Å²) in [6.07, 6.45) is 3.54. The molecule has 2 amide bonds. The smallest absolute Gasteiger partial charge is 0.236 e. The third-order valence-corrected chi connectivity index (χ3v) is 4.65. The minimum atomic E-state index is -0.497. The first kappa shape index (κ1) is 13.5. The molecule has 2 rings (SSSR count). The molecule has 0 aromatic heterocycles. The van der Waals surface area contributed by atoms with Crippen LogP contribution in [0.1, 0.15) is 46.5 Å². The molecular formula is C14H24N2O2. The summed E-state index contributed by atoms with van der Waals surface area (Å²) < 4.78 is 0. The van der Waals surface area contributed by atoms with Crippen LogP contribution in [0, 0.1) is 11.3 Å². The Bertz CT molecular complexity index is 346. The molecular weight excluding hydrogens is 228 g/mol. The summed E-state index contributed by atoms with van der Waals surface area (Å²) in [6, 6.07) is 0.0630. The van der Waals surface area contributed by atoms with Crippen molar-refractivity contribution in [3.8, 4) is 0 Å². The zero-order chi connectivity index (χ0) is 13.3. The third-order valence-electron chi connectivity index (χ3n) is 4.65. The standard InChI is InChI=1S/C14H24N2O2/c1-10(2)14(3)8-12(17)16(13(14)18)11-6-4-5-7-15-9-11/h10-11,15H,4-9H2,1-3H3. The number of carbonyl (C=O) groups is 2. The van der Waals surface area contributed by atoms with Crippen molar-refractivity contribution in [3.05, 3.63) is 0 Å². The highest BCUT2D eigenvalue weighted by Crippen LogP contribution is 2.40. The minimum absolute atomic E-state index is 0.0184. The highest BCUT2D eigenvalue weighted by molar-refractivity contribution is 6.06. The molecule has 0 aromatic carbocycles. The number of rotatable bonds is 2. The van der Waals surface area contributed by atoms with Crippen molar-refractivity contribution >= 4 is 11.8 Å². The van der Waals surface area contributed by atoms with Gasteiger partial charge in [-0.1, -0.05) is 20.3 Å². The van der Waals surface area contributed by atoms with Gasteiger partial charge in [-0.15, -0.1) is 0 Å². The molecule has 2 fully saturated rings. The van der Waals surface area contributed by atoms with Gasteiger partial charge in [-0.05, 0) is 32.2 Å². The lowest BCUT2D eigenvalue weighted by molar-refractivity contribution is -0.144. The monoisotopic (exact) mass is 252 g/mol. The fourth-order valence-electron chi connectivity index (χ4n) is 2.90. The number of likely N-dealkylation sites (tertiary alicyclic amines) is 1. The van der Waals surface area contributed by atoms with E-state index in [1.165, 1.54) is 0 Å². The second kappa shape index (κ2) is 5.00. The topological polar surface area (TPSA) is 49.4 Å². The SMILES string of the molecule is CC(C)C1(C)CC(=O)N(C2CCCCNC2)C1=O. The van der Waals surface area contributed by atoms with E-state index in [9.17, 15) is 9.59 Å². The molecule has 0 saturated carbocycles. The zero-order valence-corrected chi connectivity index (χ0v) is 11.7. The number of nitrogens with one attached hydrogen (secondary N) is 1. The molecule has 0 radical (unpaired) electrons. The van der Waals surface area contributed by atoms with E-state index in [1.807, 2.05) is 20.8 Å².